The molecule has 5 heteroatoms. The summed E-state index contributed by atoms with van der Waals surface area (Å²) in [4.78, 5) is 12.1. The number of amides is 1. The number of aryl methyl sites for hydroxylation is 2. The van der Waals surface area contributed by atoms with Crippen LogP contribution in [0.3, 0.4) is 0 Å². The molecule has 0 aliphatic rings. The highest BCUT2D eigenvalue weighted by Gasteiger charge is 2.25. The molecule has 1 N–H and O–H groups in total. The molecule has 1 aromatic carbocycles. The summed E-state index contributed by atoms with van der Waals surface area (Å²) in [5, 5.41) is 11.0. The second-order valence-electron chi connectivity index (χ2n) is 5.85. The minimum Gasteiger partial charge on any atom is -0.421 e. The lowest BCUT2D eigenvalue weighted by Gasteiger charge is -2.26. The minimum absolute atomic E-state index is 0.105. The van der Waals surface area contributed by atoms with Gasteiger partial charge in [0.15, 0.2) is 0 Å². The highest BCUT2D eigenvalue weighted by molar-refractivity contribution is 5.77. The van der Waals surface area contributed by atoms with Gasteiger partial charge in [-0.1, -0.05) is 37.5 Å². The predicted octanol–water partition coefficient (Wildman–Crippen LogP) is 3.29. The van der Waals surface area contributed by atoms with Gasteiger partial charge in [0.25, 0.3) is 0 Å². The second-order valence-corrected chi connectivity index (χ2v) is 5.85. The summed E-state index contributed by atoms with van der Waals surface area (Å²) in [6.07, 6.45) is 7.60. The van der Waals surface area contributed by atoms with Gasteiger partial charge in [-0.2, -0.15) is 0 Å². The summed E-state index contributed by atoms with van der Waals surface area (Å²) in [6.45, 7) is 5.95. The van der Waals surface area contributed by atoms with Crippen LogP contribution in [0.25, 0.3) is 11.5 Å². The molecule has 2 rings (SSSR count). The van der Waals surface area contributed by atoms with E-state index in [0.29, 0.717) is 31.0 Å². The highest BCUT2D eigenvalue weighted by Crippen LogP contribution is 2.19. The van der Waals surface area contributed by atoms with E-state index in [2.05, 4.69) is 21.4 Å². The maximum atomic E-state index is 12.1. The first kappa shape index (κ1) is 17.7. The van der Waals surface area contributed by atoms with Crippen LogP contribution in [0.5, 0.6) is 0 Å². The number of nitrogens with zero attached hydrogens (tertiary/aromatic N) is 2. The molecule has 1 aromatic heterocycles. The topological polar surface area (TPSA) is 68.0 Å². The summed E-state index contributed by atoms with van der Waals surface area (Å²) in [5.41, 5.74) is 1.46. The third-order valence-corrected chi connectivity index (χ3v) is 4.19. The normalized spacial score (nSPS) is 11.1. The average molecular weight is 325 g/mol. The van der Waals surface area contributed by atoms with E-state index in [1.54, 1.807) is 0 Å². The smallest absolute Gasteiger partial charge is 0.247 e. The summed E-state index contributed by atoms with van der Waals surface area (Å²) in [6, 6.07) is 7.84. The van der Waals surface area contributed by atoms with Gasteiger partial charge in [-0.25, -0.2) is 0 Å². The summed E-state index contributed by atoms with van der Waals surface area (Å²) in [7, 11) is 0. The standard InChI is InChI=1S/C19H23N3O2/c1-5-19(6-2,7-3)20-16(23)12-13-17-21-22-18(24-17)15-10-8-14(4)9-11-15/h1,8-11H,6-7,12-13H2,2-4H3,(H,20,23). The van der Waals surface area contributed by atoms with Crippen molar-refractivity contribution in [3.8, 4) is 23.8 Å². The van der Waals surface area contributed by atoms with Gasteiger partial charge in [-0.05, 0) is 31.9 Å². The quantitative estimate of drug-likeness (QED) is 0.793. The van der Waals surface area contributed by atoms with Crippen LogP contribution in [0.1, 0.15) is 44.6 Å². The average Bonchev–Trinajstić information content (AvgIpc) is 3.08. The van der Waals surface area contributed by atoms with Crippen LogP contribution in [0.2, 0.25) is 0 Å². The molecule has 1 heterocycles. The van der Waals surface area contributed by atoms with Crippen LogP contribution in [-0.4, -0.2) is 21.6 Å². The third kappa shape index (κ3) is 4.23. The molecule has 0 spiro atoms. The fourth-order valence-electron chi connectivity index (χ4n) is 2.38. The van der Waals surface area contributed by atoms with Gasteiger partial charge in [0.1, 0.15) is 5.54 Å². The number of terminal acetylenes is 1. The number of carbonyl (C=O) groups excluding carboxylic acids is 1. The fourth-order valence-corrected chi connectivity index (χ4v) is 2.38. The Morgan fingerprint density at radius 3 is 2.50 bits per heavy atom. The van der Waals surface area contributed by atoms with E-state index in [1.165, 1.54) is 5.56 Å². The number of hydrogen-bond donors (Lipinski definition) is 1. The number of rotatable bonds is 7. The second kappa shape index (κ2) is 7.78. The summed E-state index contributed by atoms with van der Waals surface area (Å²) < 4.78 is 5.63. The summed E-state index contributed by atoms with van der Waals surface area (Å²) >= 11 is 0. The first-order valence-electron chi connectivity index (χ1n) is 8.20. The zero-order chi connectivity index (χ0) is 17.6. The van der Waals surface area contributed by atoms with Gasteiger partial charge >= 0.3 is 0 Å². The van der Waals surface area contributed by atoms with E-state index in [9.17, 15) is 4.79 Å². The Kier molecular flexibility index (Phi) is 5.75. The molecule has 24 heavy (non-hydrogen) atoms. The van der Waals surface area contributed by atoms with E-state index in [-0.39, 0.29) is 12.3 Å². The van der Waals surface area contributed by atoms with E-state index >= 15 is 0 Å². The first-order chi connectivity index (χ1) is 11.5. The lowest BCUT2D eigenvalue weighted by molar-refractivity contribution is -0.122. The van der Waals surface area contributed by atoms with Crippen LogP contribution in [0.15, 0.2) is 28.7 Å². The Bertz CT molecular complexity index is 722. The van der Waals surface area contributed by atoms with Crippen molar-refractivity contribution in [2.45, 2.75) is 52.0 Å². The van der Waals surface area contributed by atoms with Gasteiger partial charge < -0.3 is 9.73 Å². The molecule has 5 nitrogen and oxygen atoms in total. The van der Waals surface area contributed by atoms with Gasteiger partial charge in [0.2, 0.25) is 17.7 Å². The molecule has 0 saturated carbocycles. The highest BCUT2D eigenvalue weighted by atomic mass is 16.4. The van der Waals surface area contributed by atoms with Crippen LogP contribution < -0.4 is 5.32 Å². The Hall–Kier alpha value is -2.61. The molecular weight excluding hydrogens is 302 g/mol. The molecule has 0 radical (unpaired) electrons. The monoisotopic (exact) mass is 325 g/mol. The lowest BCUT2D eigenvalue weighted by Crippen LogP contribution is -2.46. The SMILES string of the molecule is C#CC(CC)(CC)NC(=O)CCc1nnc(-c2ccc(C)cc2)o1. The molecular formula is C19H23N3O2. The molecule has 0 unspecified atom stereocenters. The first-order valence-corrected chi connectivity index (χ1v) is 8.20. The molecule has 0 aliphatic heterocycles. The van der Waals surface area contributed by atoms with Crippen LogP contribution in [-0.2, 0) is 11.2 Å². The molecule has 0 aliphatic carbocycles. The van der Waals surface area contributed by atoms with Gasteiger partial charge in [-0.15, -0.1) is 16.6 Å². The van der Waals surface area contributed by atoms with Gasteiger partial charge in [0, 0.05) is 18.4 Å². The van der Waals surface area contributed by atoms with E-state index in [1.807, 2.05) is 45.0 Å². The molecule has 0 bridgehead atoms. The summed E-state index contributed by atoms with van der Waals surface area (Å²) in [5.74, 6) is 3.49. The van der Waals surface area contributed by atoms with Crippen molar-refractivity contribution < 1.29 is 9.21 Å². The van der Waals surface area contributed by atoms with Crippen molar-refractivity contribution >= 4 is 5.91 Å². The van der Waals surface area contributed by atoms with Gasteiger partial charge in [-0.3, -0.25) is 4.79 Å². The Balaban J connectivity index is 1.95. The maximum absolute atomic E-state index is 12.1. The minimum atomic E-state index is -0.570. The number of aromatic nitrogens is 2. The number of carbonyl (C=O) groups is 1. The van der Waals surface area contributed by atoms with Crippen molar-refractivity contribution in [1.82, 2.24) is 15.5 Å². The molecule has 126 valence electrons. The number of benzene rings is 1. The maximum Gasteiger partial charge on any atom is 0.247 e. The Morgan fingerprint density at radius 1 is 1.25 bits per heavy atom. The molecule has 0 fully saturated rings. The van der Waals surface area contributed by atoms with Crippen molar-refractivity contribution in [3.05, 3.63) is 35.7 Å². The van der Waals surface area contributed by atoms with Crippen LogP contribution >= 0.6 is 0 Å². The van der Waals surface area contributed by atoms with Crippen molar-refractivity contribution in [2.24, 2.45) is 0 Å². The zero-order valence-electron chi connectivity index (χ0n) is 14.4. The number of nitrogens with one attached hydrogen (secondary N) is 1. The molecule has 0 atom stereocenters. The van der Waals surface area contributed by atoms with E-state index < -0.39 is 5.54 Å². The molecule has 1 amide bonds. The molecule has 2 aromatic rings. The number of hydrogen-bond acceptors (Lipinski definition) is 4. The van der Waals surface area contributed by atoms with Crippen molar-refractivity contribution in [2.75, 3.05) is 0 Å². The zero-order valence-corrected chi connectivity index (χ0v) is 14.4. The Labute approximate surface area is 142 Å². The fraction of sp³-hybridized carbons (Fsp3) is 0.421. The van der Waals surface area contributed by atoms with Gasteiger partial charge in [0.05, 0.1) is 0 Å². The predicted molar refractivity (Wildman–Crippen MR) is 93.1 cm³/mol. The van der Waals surface area contributed by atoms with E-state index in [4.69, 9.17) is 10.8 Å². The van der Waals surface area contributed by atoms with Crippen molar-refractivity contribution in [3.63, 3.8) is 0 Å². The van der Waals surface area contributed by atoms with Crippen LogP contribution in [0.4, 0.5) is 0 Å². The third-order valence-electron chi connectivity index (χ3n) is 4.19. The Morgan fingerprint density at radius 2 is 1.92 bits per heavy atom. The van der Waals surface area contributed by atoms with Crippen molar-refractivity contribution in [1.29, 1.82) is 0 Å². The lowest BCUT2D eigenvalue weighted by atomic mass is 9.93. The van der Waals surface area contributed by atoms with Crippen LogP contribution in [0, 0.1) is 19.3 Å². The molecule has 0 saturated heterocycles. The van der Waals surface area contributed by atoms with E-state index in [0.717, 1.165) is 5.56 Å². The largest absolute Gasteiger partial charge is 0.421 e.